The lowest BCUT2D eigenvalue weighted by molar-refractivity contribution is -0.118. The van der Waals surface area contributed by atoms with E-state index in [1.807, 2.05) is 0 Å². The summed E-state index contributed by atoms with van der Waals surface area (Å²) < 4.78 is 0. The molecule has 0 aliphatic carbocycles. The second-order valence-corrected chi connectivity index (χ2v) is 6.23. The number of benzene rings is 2. The largest absolute Gasteiger partial charge is 0.353 e. The first-order chi connectivity index (χ1) is 11.2. The maximum absolute atomic E-state index is 11.1. The Hall–Kier alpha value is -2.13. The van der Waals surface area contributed by atoms with E-state index in [1.54, 1.807) is 6.92 Å². The van der Waals surface area contributed by atoms with E-state index in [1.165, 1.54) is 21.9 Å². The van der Waals surface area contributed by atoms with Crippen molar-refractivity contribution in [3.63, 3.8) is 0 Å². The third-order valence-electron chi connectivity index (χ3n) is 4.45. The molecule has 0 radical (unpaired) electrons. The van der Waals surface area contributed by atoms with Crippen molar-refractivity contribution in [3.8, 4) is 0 Å². The van der Waals surface area contributed by atoms with E-state index in [4.69, 9.17) is 0 Å². The lowest BCUT2D eigenvalue weighted by Gasteiger charge is -2.27. The summed E-state index contributed by atoms with van der Waals surface area (Å²) in [5.74, 6) is 0.0405. The van der Waals surface area contributed by atoms with Crippen LogP contribution in [0.1, 0.15) is 18.9 Å². The number of hydrogen-bond donors (Lipinski definition) is 1. The Balaban J connectivity index is 1.60. The number of fused-ring (bicyclic) bond motifs is 1. The first-order valence-corrected chi connectivity index (χ1v) is 8.34. The average molecular weight is 308 g/mol. The quantitative estimate of drug-likeness (QED) is 0.861. The van der Waals surface area contributed by atoms with Crippen molar-refractivity contribution in [1.29, 1.82) is 0 Å². The fourth-order valence-corrected chi connectivity index (χ4v) is 3.23. The molecule has 0 bridgehead atoms. The molecule has 0 aromatic heterocycles. The number of rotatable bonds is 5. The lowest BCUT2D eigenvalue weighted by Crippen LogP contribution is -2.35. The van der Waals surface area contributed by atoms with Crippen LogP contribution in [0.15, 0.2) is 54.1 Å². The van der Waals surface area contributed by atoms with Crippen molar-refractivity contribution in [2.24, 2.45) is 0 Å². The predicted octanol–water partition coefficient (Wildman–Crippen LogP) is 3.15. The summed E-state index contributed by atoms with van der Waals surface area (Å²) in [4.78, 5) is 13.5. The van der Waals surface area contributed by atoms with E-state index in [9.17, 15) is 4.79 Å². The summed E-state index contributed by atoms with van der Waals surface area (Å²) in [6.45, 7) is 5.38. The number of nitrogens with zero attached hydrogens (tertiary/aromatic N) is 1. The Morgan fingerprint density at radius 2 is 2.00 bits per heavy atom. The Labute approximate surface area is 138 Å². The van der Waals surface area contributed by atoms with Gasteiger partial charge in [0.05, 0.1) is 0 Å². The highest BCUT2D eigenvalue weighted by Crippen LogP contribution is 2.19. The van der Waals surface area contributed by atoms with Gasteiger partial charge in [-0.2, -0.15) is 0 Å². The molecule has 0 saturated carbocycles. The Bertz CT molecular complexity index is 715. The minimum Gasteiger partial charge on any atom is -0.353 e. The van der Waals surface area contributed by atoms with Crippen LogP contribution in [0.2, 0.25) is 0 Å². The van der Waals surface area contributed by atoms with Crippen LogP contribution in [-0.4, -0.2) is 37.0 Å². The molecule has 3 rings (SSSR count). The van der Waals surface area contributed by atoms with Gasteiger partial charge in [0.25, 0.3) is 0 Å². The molecule has 1 aliphatic heterocycles. The molecule has 0 spiro atoms. The van der Waals surface area contributed by atoms with Gasteiger partial charge in [-0.1, -0.05) is 48.5 Å². The van der Waals surface area contributed by atoms with Crippen molar-refractivity contribution < 1.29 is 4.79 Å². The monoisotopic (exact) mass is 308 g/mol. The topological polar surface area (TPSA) is 32.3 Å². The Morgan fingerprint density at radius 1 is 1.17 bits per heavy atom. The second kappa shape index (κ2) is 7.42. The molecule has 0 fully saturated rings. The van der Waals surface area contributed by atoms with Gasteiger partial charge < -0.3 is 5.32 Å². The van der Waals surface area contributed by atoms with Crippen LogP contribution in [0, 0.1) is 0 Å². The number of carbonyl (C=O) groups excluding carboxylic acids is 1. The zero-order chi connectivity index (χ0) is 16.1. The summed E-state index contributed by atoms with van der Waals surface area (Å²) in [6, 6.07) is 15.2. The zero-order valence-electron chi connectivity index (χ0n) is 13.7. The fraction of sp³-hybridized carbons (Fsp3) is 0.350. The van der Waals surface area contributed by atoms with Gasteiger partial charge in [-0.3, -0.25) is 9.69 Å². The molecule has 0 unspecified atom stereocenters. The minimum atomic E-state index is 0.0405. The highest BCUT2D eigenvalue weighted by molar-refractivity contribution is 5.85. The minimum absolute atomic E-state index is 0.0405. The first kappa shape index (κ1) is 15.8. The maximum Gasteiger partial charge on any atom is 0.217 e. The molecule has 120 valence electrons. The molecular weight excluding hydrogens is 284 g/mol. The van der Waals surface area contributed by atoms with Gasteiger partial charge in [0.15, 0.2) is 0 Å². The van der Waals surface area contributed by atoms with Gasteiger partial charge in [-0.05, 0) is 34.8 Å². The average Bonchev–Trinajstić information content (AvgIpc) is 2.58. The van der Waals surface area contributed by atoms with Crippen LogP contribution >= 0.6 is 0 Å². The maximum atomic E-state index is 11.1. The van der Waals surface area contributed by atoms with E-state index in [0.29, 0.717) is 6.54 Å². The van der Waals surface area contributed by atoms with Crippen LogP contribution in [0.4, 0.5) is 0 Å². The number of hydrogen-bond acceptors (Lipinski definition) is 2. The predicted molar refractivity (Wildman–Crippen MR) is 95.5 cm³/mol. The van der Waals surface area contributed by atoms with Gasteiger partial charge >= 0.3 is 0 Å². The van der Waals surface area contributed by atoms with Gasteiger partial charge in [0, 0.05) is 33.1 Å². The molecule has 2 aromatic carbocycles. The molecule has 0 atom stereocenters. The van der Waals surface area contributed by atoms with Gasteiger partial charge in [0.1, 0.15) is 0 Å². The molecule has 1 amide bonds. The Morgan fingerprint density at radius 3 is 2.87 bits per heavy atom. The van der Waals surface area contributed by atoms with E-state index < -0.39 is 0 Å². The van der Waals surface area contributed by atoms with Gasteiger partial charge in [-0.25, -0.2) is 0 Å². The highest BCUT2D eigenvalue weighted by Gasteiger charge is 2.13. The van der Waals surface area contributed by atoms with Gasteiger partial charge in [0.2, 0.25) is 5.91 Å². The van der Waals surface area contributed by atoms with E-state index in [-0.39, 0.29) is 5.91 Å². The SMILES string of the molecule is CC(=O)NCC1=CCCN(CCc2cccc3ccccc23)C1. The molecule has 1 N–H and O–H groups in total. The van der Waals surface area contributed by atoms with Crippen molar-refractivity contribution >= 4 is 16.7 Å². The van der Waals surface area contributed by atoms with Crippen LogP contribution in [0.5, 0.6) is 0 Å². The molecular formula is C20H24N2O. The number of amides is 1. The van der Waals surface area contributed by atoms with E-state index in [2.05, 4.69) is 58.8 Å². The second-order valence-electron chi connectivity index (χ2n) is 6.23. The van der Waals surface area contributed by atoms with Crippen LogP contribution in [-0.2, 0) is 11.2 Å². The third kappa shape index (κ3) is 4.20. The van der Waals surface area contributed by atoms with Crippen molar-refractivity contribution in [1.82, 2.24) is 10.2 Å². The molecule has 23 heavy (non-hydrogen) atoms. The third-order valence-corrected chi connectivity index (χ3v) is 4.45. The summed E-state index contributed by atoms with van der Waals surface area (Å²) >= 11 is 0. The number of nitrogens with one attached hydrogen (secondary N) is 1. The molecule has 1 heterocycles. The van der Waals surface area contributed by atoms with Crippen molar-refractivity contribution in [2.45, 2.75) is 19.8 Å². The molecule has 0 saturated heterocycles. The lowest BCUT2D eigenvalue weighted by atomic mass is 10.0. The standard InChI is InChI=1S/C20H24N2O/c1-16(23)21-14-17-6-5-12-22(15-17)13-11-19-9-4-8-18-7-2-3-10-20(18)19/h2-4,6-10H,5,11-15H2,1H3,(H,21,23). The summed E-state index contributed by atoms with van der Waals surface area (Å²) in [7, 11) is 0. The molecule has 2 aromatic rings. The van der Waals surface area contributed by atoms with E-state index >= 15 is 0 Å². The van der Waals surface area contributed by atoms with E-state index in [0.717, 1.165) is 32.5 Å². The van der Waals surface area contributed by atoms with Crippen LogP contribution < -0.4 is 5.32 Å². The molecule has 3 heteroatoms. The van der Waals surface area contributed by atoms with Crippen LogP contribution in [0.3, 0.4) is 0 Å². The fourth-order valence-electron chi connectivity index (χ4n) is 3.23. The zero-order valence-corrected chi connectivity index (χ0v) is 13.7. The smallest absolute Gasteiger partial charge is 0.217 e. The molecule has 1 aliphatic rings. The van der Waals surface area contributed by atoms with Crippen molar-refractivity contribution in [2.75, 3.05) is 26.2 Å². The normalized spacial score (nSPS) is 15.4. The van der Waals surface area contributed by atoms with Crippen molar-refractivity contribution in [3.05, 3.63) is 59.7 Å². The number of carbonyl (C=O) groups is 1. The molecule has 3 nitrogen and oxygen atoms in total. The highest BCUT2D eigenvalue weighted by atomic mass is 16.1. The summed E-state index contributed by atoms with van der Waals surface area (Å²) in [5.41, 5.74) is 2.74. The van der Waals surface area contributed by atoms with Crippen LogP contribution in [0.25, 0.3) is 10.8 Å². The summed E-state index contributed by atoms with van der Waals surface area (Å²) in [6.07, 6.45) is 4.41. The first-order valence-electron chi connectivity index (χ1n) is 8.34. The summed E-state index contributed by atoms with van der Waals surface area (Å²) in [5, 5.41) is 5.58. The van der Waals surface area contributed by atoms with Gasteiger partial charge in [-0.15, -0.1) is 0 Å². The Kier molecular flexibility index (Phi) is 5.09.